The Balaban J connectivity index is -0.0000000800. The minimum Gasteiger partial charge on any atom is -1.00 e. The topological polar surface area (TPSA) is 0 Å². The first-order chi connectivity index (χ1) is 2.27. The van der Waals surface area contributed by atoms with Crippen LogP contribution in [0.5, 0.6) is 0 Å². The Kier molecular flexibility index (Phi) is 8.54. The van der Waals surface area contributed by atoms with Gasteiger partial charge < -0.3 is 1.43 Å². The molecule has 0 aliphatic heterocycles. The molecular formula is C5H11Li. The van der Waals surface area contributed by atoms with Crippen molar-refractivity contribution in [2.75, 3.05) is 0 Å². The minimum atomic E-state index is 0. The molecule has 0 spiro atoms. The second-order valence-electron chi connectivity index (χ2n) is 1.31. The molecule has 0 fully saturated rings. The molecule has 0 saturated heterocycles. The van der Waals surface area contributed by atoms with Crippen LogP contribution in [0, 0.1) is 0 Å². The van der Waals surface area contributed by atoms with E-state index in [4.69, 9.17) is 0 Å². The molecule has 0 aliphatic carbocycles. The first kappa shape index (κ1) is 9.60. The van der Waals surface area contributed by atoms with Crippen molar-refractivity contribution in [3.8, 4) is 0 Å². The molecular weight excluding hydrogens is 67.0 g/mol. The molecule has 0 saturated carbocycles. The van der Waals surface area contributed by atoms with Gasteiger partial charge in [-0.1, -0.05) is 12.5 Å². The zero-order valence-electron chi connectivity index (χ0n) is 5.91. The average molecular weight is 78.1 g/mol. The molecule has 6 heavy (non-hydrogen) atoms. The van der Waals surface area contributed by atoms with Gasteiger partial charge in [-0.15, -0.1) is 6.58 Å². The predicted molar refractivity (Wildman–Crippen MR) is 26.2 cm³/mol. The van der Waals surface area contributed by atoms with E-state index in [9.17, 15) is 0 Å². The molecule has 0 amide bonds. The van der Waals surface area contributed by atoms with E-state index >= 15 is 0 Å². The number of rotatable bonds is 1. The maximum absolute atomic E-state index is 3.67. The monoisotopic (exact) mass is 78.1 g/mol. The summed E-state index contributed by atoms with van der Waals surface area (Å²) in [6.45, 7) is 7.80. The van der Waals surface area contributed by atoms with Crippen molar-refractivity contribution < 1.29 is 20.3 Å². The van der Waals surface area contributed by atoms with E-state index in [-0.39, 0.29) is 20.3 Å². The van der Waals surface area contributed by atoms with Crippen LogP contribution in [0.3, 0.4) is 0 Å². The Bertz CT molecular complexity index is 43.3. The molecule has 0 bridgehead atoms. The molecule has 0 heterocycles. The Labute approximate surface area is 53.3 Å². The number of hydrogen-bond donors (Lipinski definition) is 0. The molecule has 0 radical (unpaired) electrons. The van der Waals surface area contributed by atoms with Crippen molar-refractivity contribution in [1.29, 1.82) is 0 Å². The molecule has 0 aliphatic rings. The summed E-state index contributed by atoms with van der Waals surface area (Å²) in [5.41, 5.74) is 1.25. The first-order valence-electron chi connectivity index (χ1n) is 1.91. The van der Waals surface area contributed by atoms with Gasteiger partial charge in [-0.3, -0.25) is 0 Å². The fourth-order valence-corrected chi connectivity index (χ4v) is 0. The van der Waals surface area contributed by atoms with E-state index in [2.05, 4.69) is 13.5 Å². The molecule has 0 atom stereocenters. The molecule has 0 N–H and O–H groups in total. The zero-order valence-corrected chi connectivity index (χ0v) is 4.91. The van der Waals surface area contributed by atoms with Gasteiger partial charge in [-0.05, 0) is 13.3 Å². The largest absolute Gasteiger partial charge is 1.00 e. The summed E-state index contributed by atoms with van der Waals surface area (Å²) in [6, 6.07) is 0. The Morgan fingerprint density at radius 1 is 1.83 bits per heavy atom. The van der Waals surface area contributed by atoms with Gasteiger partial charge >= 0.3 is 18.9 Å². The number of allylic oxidation sites excluding steroid dienone is 1. The molecule has 0 aromatic heterocycles. The van der Waals surface area contributed by atoms with Crippen molar-refractivity contribution in [2.24, 2.45) is 0 Å². The van der Waals surface area contributed by atoms with Crippen molar-refractivity contribution in [2.45, 2.75) is 20.3 Å². The molecule has 0 rings (SSSR count). The number of hydrogen-bond acceptors (Lipinski definition) is 0. The minimum absolute atomic E-state index is 0. The van der Waals surface area contributed by atoms with E-state index in [1.807, 2.05) is 6.92 Å². The van der Waals surface area contributed by atoms with Crippen LogP contribution in [0.1, 0.15) is 21.7 Å². The van der Waals surface area contributed by atoms with E-state index in [1.54, 1.807) is 0 Å². The quantitative estimate of drug-likeness (QED) is 0.281. The van der Waals surface area contributed by atoms with Gasteiger partial charge in [0.15, 0.2) is 0 Å². The van der Waals surface area contributed by atoms with Crippen molar-refractivity contribution in [3.05, 3.63) is 12.2 Å². The van der Waals surface area contributed by atoms with Crippen LogP contribution in [0.25, 0.3) is 0 Å². The summed E-state index contributed by atoms with van der Waals surface area (Å²) in [7, 11) is 0. The Hall–Kier alpha value is 0.337. The zero-order chi connectivity index (χ0) is 4.28. The fraction of sp³-hybridized carbons (Fsp3) is 0.600. The summed E-state index contributed by atoms with van der Waals surface area (Å²) in [4.78, 5) is 0. The molecule has 1 heteroatoms. The first-order valence-corrected chi connectivity index (χ1v) is 1.91. The molecule has 0 nitrogen and oxygen atoms in total. The second kappa shape index (κ2) is 5.34. The predicted octanol–water partition coefficient (Wildman–Crippen LogP) is -0.911. The van der Waals surface area contributed by atoms with Crippen LogP contribution in [0.2, 0.25) is 0 Å². The molecule has 32 valence electrons. The Morgan fingerprint density at radius 2 is 2.00 bits per heavy atom. The second-order valence-corrected chi connectivity index (χ2v) is 1.31. The molecule has 0 aromatic rings. The van der Waals surface area contributed by atoms with Crippen molar-refractivity contribution in [1.82, 2.24) is 0 Å². The third-order valence-corrected chi connectivity index (χ3v) is 0.604. The Morgan fingerprint density at radius 3 is 2.00 bits per heavy atom. The summed E-state index contributed by atoms with van der Waals surface area (Å²) >= 11 is 0. The maximum atomic E-state index is 3.67. The SMILES string of the molecule is C=C(C)CC.[H-].[Li+]. The summed E-state index contributed by atoms with van der Waals surface area (Å²) in [5, 5.41) is 0. The van der Waals surface area contributed by atoms with Crippen LogP contribution in [0.4, 0.5) is 0 Å². The van der Waals surface area contributed by atoms with Crippen LogP contribution in [0.15, 0.2) is 12.2 Å². The van der Waals surface area contributed by atoms with Crippen LogP contribution < -0.4 is 18.9 Å². The van der Waals surface area contributed by atoms with Gasteiger partial charge in [-0.25, -0.2) is 0 Å². The van der Waals surface area contributed by atoms with Gasteiger partial charge in [-0.2, -0.15) is 0 Å². The third kappa shape index (κ3) is 8.84. The summed E-state index contributed by atoms with van der Waals surface area (Å²) in [5.74, 6) is 0. The van der Waals surface area contributed by atoms with Gasteiger partial charge in [0.1, 0.15) is 0 Å². The maximum Gasteiger partial charge on any atom is 1.00 e. The smallest absolute Gasteiger partial charge is 1.00 e. The van der Waals surface area contributed by atoms with E-state index in [0.717, 1.165) is 6.42 Å². The van der Waals surface area contributed by atoms with Crippen molar-refractivity contribution in [3.63, 3.8) is 0 Å². The van der Waals surface area contributed by atoms with Gasteiger partial charge in [0.05, 0.1) is 0 Å². The van der Waals surface area contributed by atoms with Gasteiger partial charge in [0.2, 0.25) is 0 Å². The van der Waals surface area contributed by atoms with Gasteiger partial charge in [0, 0.05) is 0 Å². The average Bonchev–Trinajstić information content (AvgIpc) is 1.38. The van der Waals surface area contributed by atoms with E-state index in [0.29, 0.717) is 0 Å². The van der Waals surface area contributed by atoms with Crippen molar-refractivity contribution >= 4 is 0 Å². The standard InChI is InChI=1S/C5H10.Li.H/c1-4-5(2)3;;/h2,4H2,1,3H3;;/q;+1;-1. The molecule has 0 unspecified atom stereocenters. The molecule has 0 aromatic carbocycles. The van der Waals surface area contributed by atoms with Crippen LogP contribution in [-0.2, 0) is 0 Å². The summed E-state index contributed by atoms with van der Waals surface area (Å²) < 4.78 is 0. The summed E-state index contributed by atoms with van der Waals surface area (Å²) in [6.07, 6.45) is 1.11. The third-order valence-electron chi connectivity index (χ3n) is 0.604. The normalized spacial score (nSPS) is 6.33. The van der Waals surface area contributed by atoms with Gasteiger partial charge in [0.25, 0.3) is 0 Å². The fourth-order valence-electron chi connectivity index (χ4n) is 0. The van der Waals surface area contributed by atoms with E-state index in [1.165, 1.54) is 5.57 Å². The van der Waals surface area contributed by atoms with E-state index < -0.39 is 0 Å². The van der Waals surface area contributed by atoms with Crippen LogP contribution in [-0.4, -0.2) is 0 Å². The van der Waals surface area contributed by atoms with Crippen LogP contribution >= 0.6 is 0 Å².